The number of fused-ring (bicyclic) bond motifs is 1. The number of hydrogen-bond acceptors (Lipinski definition) is 3. The first-order chi connectivity index (χ1) is 9.79. The molecule has 3 aliphatic rings. The molecule has 0 aromatic heterocycles. The highest BCUT2D eigenvalue weighted by molar-refractivity contribution is 6.02. The summed E-state index contributed by atoms with van der Waals surface area (Å²) in [6, 6.07) is -0.189. The molecule has 2 N–H and O–H groups in total. The van der Waals surface area contributed by atoms with Crippen LogP contribution < -0.4 is 5.32 Å². The number of hydrogen-bond donors (Lipinski definition) is 2. The zero-order valence-corrected chi connectivity index (χ0v) is 11.3. The highest BCUT2D eigenvalue weighted by atomic mass is 16.5. The lowest BCUT2D eigenvalue weighted by atomic mass is 9.91. The molecule has 1 heterocycles. The minimum absolute atomic E-state index is 0.0265. The van der Waals surface area contributed by atoms with Gasteiger partial charge >= 0.3 is 0 Å². The molecule has 1 saturated heterocycles. The second-order valence-corrected chi connectivity index (χ2v) is 5.35. The third kappa shape index (κ3) is 2.49. The third-order valence-electron chi connectivity index (χ3n) is 4.16. The van der Waals surface area contributed by atoms with E-state index < -0.39 is 0 Å². The van der Waals surface area contributed by atoms with Crippen molar-refractivity contribution in [2.45, 2.75) is 18.9 Å². The van der Waals surface area contributed by atoms with Crippen LogP contribution in [0.15, 0.2) is 47.1 Å². The van der Waals surface area contributed by atoms with E-state index in [2.05, 4.69) is 5.32 Å². The van der Waals surface area contributed by atoms with Crippen molar-refractivity contribution >= 4 is 5.91 Å². The lowest BCUT2D eigenvalue weighted by Gasteiger charge is -2.29. The predicted octanol–water partition coefficient (Wildman–Crippen LogP) is 1.25. The topological polar surface area (TPSA) is 58.6 Å². The molecule has 0 unspecified atom stereocenters. The summed E-state index contributed by atoms with van der Waals surface area (Å²) < 4.78 is 5.32. The molecule has 0 radical (unpaired) electrons. The number of aliphatic hydroxyl groups is 1. The molecule has 106 valence electrons. The first-order valence-corrected chi connectivity index (χ1v) is 7.10. The highest BCUT2D eigenvalue weighted by Crippen LogP contribution is 2.31. The van der Waals surface area contributed by atoms with Crippen LogP contribution in [-0.2, 0) is 9.53 Å². The summed E-state index contributed by atoms with van der Waals surface area (Å²) in [5.41, 5.74) is 2.75. The van der Waals surface area contributed by atoms with Crippen molar-refractivity contribution in [2.75, 3.05) is 19.8 Å². The van der Waals surface area contributed by atoms with Crippen LogP contribution in [0.25, 0.3) is 0 Å². The summed E-state index contributed by atoms with van der Waals surface area (Å²) in [6.45, 7) is 1.39. The van der Waals surface area contributed by atoms with Gasteiger partial charge in [-0.1, -0.05) is 24.3 Å². The van der Waals surface area contributed by atoms with Crippen molar-refractivity contribution in [3.63, 3.8) is 0 Å². The molecule has 0 aromatic carbocycles. The first-order valence-electron chi connectivity index (χ1n) is 7.10. The first kappa shape index (κ1) is 13.3. The molecular weight excluding hydrogens is 254 g/mol. The van der Waals surface area contributed by atoms with E-state index >= 15 is 0 Å². The van der Waals surface area contributed by atoms with Crippen LogP contribution in [0.4, 0.5) is 0 Å². The molecule has 4 nitrogen and oxygen atoms in total. The Kier molecular flexibility index (Phi) is 3.85. The molecule has 1 aliphatic heterocycles. The van der Waals surface area contributed by atoms with Gasteiger partial charge in [-0.15, -0.1) is 0 Å². The number of ether oxygens (including phenoxy) is 1. The summed E-state index contributed by atoms with van der Waals surface area (Å²) in [6.07, 6.45) is 11.5. The van der Waals surface area contributed by atoms with Crippen molar-refractivity contribution in [3.8, 4) is 0 Å². The van der Waals surface area contributed by atoms with Crippen LogP contribution in [0.3, 0.4) is 0 Å². The Morgan fingerprint density at radius 3 is 2.90 bits per heavy atom. The third-order valence-corrected chi connectivity index (χ3v) is 4.16. The van der Waals surface area contributed by atoms with Gasteiger partial charge in [0.05, 0.1) is 12.6 Å². The summed E-state index contributed by atoms with van der Waals surface area (Å²) in [4.78, 5) is 12.4. The number of allylic oxidation sites excluding steroid dienone is 6. The molecule has 1 atom stereocenters. The zero-order valence-electron chi connectivity index (χ0n) is 11.3. The molecule has 0 saturated carbocycles. The van der Waals surface area contributed by atoms with E-state index in [9.17, 15) is 9.90 Å². The highest BCUT2D eigenvalue weighted by Gasteiger charge is 2.28. The molecule has 1 amide bonds. The SMILES string of the molecule is O=C(N[C@H](CO)C1CCOCC1)C1=CC=C2C=CC=C21. The van der Waals surface area contributed by atoms with Gasteiger partial charge in [0.1, 0.15) is 0 Å². The van der Waals surface area contributed by atoms with Gasteiger partial charge < -0.3 is 15.2 Å². The van der Waals surface area contributed by atoms with E-state index in [0.29, 0.717) is 24.7 Å². The predicted molar refractivity (Wildman–Crippen MR) is 75.9 cm³/mol. The van der Waals surface area contributed by atoms with Crippen LogP contribution in [0.5, 0.6) is 0 Å². The molecule has 4 heteroatoms. The molecule has 2 aliphatic carbocycles. The molecule has 0 spiro atoms. The average molecular weight is 273 g/mol. The van der Waals surface area contributed by atoms with E-state index in [-0.39, 0.29) is 18.6 Å². The fraction of sp³-hybridized carbons (Fsp3) is 0.438. The van der Waals surface area contributed by atoms with E-state index in [1.165, 1.54) is 0 Å². The Labute approximate surface area is 118 Å². The van der Waals surface area contributed by atoms with Gasteiger partial charge in [-0.25, -0.2) is 0 Å². The Bertz CT molecular complexity index is 522. The van der Waals surface area contributed by atoms with Crippen LogP contribution in [-0.4, -0.2) is 36.9 Å². The van der Waals surface area contributed by atoms with Gasteiger partial charge in [-0.05, 0) is 36.0 Å². The normalized spacial score (nSPS) is 22.9. The fourth-order valence-corrected chi connectivity index (χ4v) is 2.96. The van der Waals surface area contributed by atoms with Gasteiger partial charge in [0.2, 0.25) is 0 Å². The van der Waals surface area contributed by atoms with Gasteiger partial charge in [0, 0.05) is 18.8 Å². The second kappa shape index (κ2) is 5.77. The quantitative estimate of drug-likeness (QED) is 0.810. The molecule has 3 rings (SSSR count). The van der Waals surface area contributed by atoms with Crippen molar-refractivity contribution in [2.24, 2.45) is 5.92 Å². The molecule has 20 heavy (non-hydrogen) atoms. The molecular formula is C16H19NO3. The fourth-order valence-electron chi connectivity index (χ4n) is 2.96. The lowest BCUT2D eigenvalue weighted by molar-refractivity contribution is -0.119. The standard InChI is InChI=1S/C16H19NO3/c18-10-15(12-6-8-20-9-7-12)17-16(19)14-5-4-11-2-1-3-13(11)14/h1-5,12,15,18H,6-10H2,(H,17,19)/t15-/m1/s1. The minimum atomic E-state index is -0.189. The maximum atomic E-state index is 12.4. The van der Waals surface area contributed by atoms with E-state index in [4.69, 9.17) is 4.74 Å². The number of amides is 1. The number of nitrogens with one attached hydrogen (secondary N) is 1. The lowest BCUT2D eigenvalue weighted by Crippen LogP contribution is -2.45. The Balaban J connectivity index is 1.63. The van der Waals surface area contributed by atoms with Crippen LogP contribution >= 0.6 is 0 Å². The molecule has 0 aromatic rings. The number of rotatable bonds is 4. The van der Waals surface area contributed by atoms with E-state index in [0.717, 1.165) is 24.0 Å². The van der Waals surface area contributed by atoms with Crippen LogP contribution in [0, 0.1) is 5.92 Å². The van der Waals surface area contributed by atoms with Gasteiger partial charge in [-0.3, -0.25) is 4.79 Å². The maximum absolute atomic E-state index is 12.4. The van der Waals surface area contributed by atoms with Gasteiger partial charge in [0.25, 0.3) is 5.91 Å². The van der Waals surface area contributed by atoms with Crippen LogP contribution in [0.1, 0.15) is 12.8 Å². The van der Waals surface area contributed by atoms with Gasteiger partial charge in [0.15, 0.2) is 0 Å². The summed E-state index contributed by atoms with van der Waals surface area (Å²) >= 11 is 0. The van der Waals surface area contributed by atoms with Crippen molar-refractivity contribution in [1.29, 1.82) is 0 Å². The molecule has 0 bridgehead atoms. The van der Waals surface area contributed by atoms with E-state index in [1.807, 2.05) is 30.4 Å². The number of carbonyl (C=O) groups is 1. The maximum Gasteiger partial charge on any atom is 0.252 e. The van der Waals surface area contributed by atoms with Crippen molar-refractivity contribution in [1.82, 2.24) is 5.32 Å². The smallest absolute Gasteiger partial charge is 0.252 e. The zero-order chi connectivity index (χ0) is 13.9. The summed E-state index contributed by atoms with van der Waals surface area (Å²) in [7, 11) is 0. The Hall–Kier alpha value is -1.65. The summed E-state index contributed by atoms with van der Waals surface area (Å²) in [5, 5.41) is 12.5. The van der Waals surface area contributed by atoms with Crippen molar-refractivity contribution < 1.29 is 14.6 Å². The second-order valence-electron chi connectivity index (χ2n) is 5.35. The number of aliphatic hydroxyl groups excluding tert-OH is 1. The van der Waals surface area contributed by atoms with E-state index in [1.54, 1.807) is 0 Å². The molecule has 1 fully saturated rings. The Morgan fingerprint density at radius 1 is 1.35 bits per heavy atom. The van der Waals surface area contributed by atoms with Crippen LogP contribution in [0.2, 0.25) is 0 Å². The largest absolute Gasteiger partial charge is 0.394 e. The van der Waals surface area contributed by atoms with Crippen molar-refractivity contribution in [3.05, 3.63) is 47.1 Å². The summed E-state index contributed by atoms with van der Waals surface area (Å²) in [5.74, 6) is 0.194. The monoisotopic (exact) mass is 273 g/mol. The van der Waals surface area contributed by atoms with Gasteiger partial charge in [-0.2, -0.15) is 0 Å². The average Bonchev–Trinajstić information content (AvgIpc) is 3.08. The Morgan fingerprint density at radius 2 is 2.15 bits per heavy atom. The minimum Gasteiger partial charge on any atom is -0.394 e. The number of carbonyl (C=O) groups excluding carboxylic acids is 1.